The molecular weight excluding hydrogens is 150 g/mol. The van der Waals surface area contributed by atoms with E-state index in [-0.39, 0.29) is 0 Å². The van der Waals surface area contributed by atoms with E-state index < -0.39 is 0 Å². The van der Waals surface area contributed by atoms with Crippen molar-refractivity contribution in [3.05, 3.63) is 23.8 Å². The van der Waals surface area contributed by atoms with Gasteiger partial charge in [-0.3, -0.25) is 0 Å². The highest BCUT2D eigenvalue weighted by Gasteiger charge is 2.13. The van der Waals surface area contributed by atoms with Gasteiger partial charge < -0.3 is 5.21 Å². The summed E-state index contributed by atoms with van der Waals surface area (Å²) in [6, 6.07) is 0. The molecule has 0 amide bonds. The summed E-state index contributed by atoms with van der Waals surface area (Å²) in [6.07, 6.45) is 6.82. The van der Waals surface area contributed by atoms with Crippen LogP contribution in [0.2, 0.25) is 0 Å². The van der Waals surface area contributed by atoms with E-state index >= 15 is 0 Å². The zero-order chi connectivity index (χ0) is 8.97. The molecule has 1 N–H and O–H groups in total. The molecule has 2 nitrogen and oxygen atoms in total. The van der Waals surface area contributed by atoms with Crippen molar-refractivity contribution in [2.75, 3.05) is 0 Å². The van der Waals surface area contributed by atoms with Crippen LogP contribution in [-0.2, 0) is 0 Å². The van der Waals surface area contributed by atoms with E-state index in [0.717, 1.165) is 24.8 Å². The summed E-state index contributed by atoms with van der Waals surface area (Å²) in [5, 5.41) is 11.3. The van der Waals surface area contributed by atoms with E-state index in [1.165, 1.54) is 11.8 Å². The summed E-state index contributed by atoms with van der Waals surface area (Å²) >= 11 is 0. The summed E-state index contributed by atoms with van der Waals surface area (Å²) in [5.41, 5.74) is 2.39. The second-order valence-corrected chi connectivity index (χ2v) is 3.34. The first kappa shape index (κ1) is 9.04. The Bertz CT molecular complexity index is 228. The van der Waals surface area contributed by atoms with E-state index in [0.29, 0.717) is 5.92 Å². The number of hydrogen-bond acceptors (Lipinski definition) is 2. The smallest absolute Gasteiger partial charge is 0.0690 e. The fourth-order valence-electron chi connectivity index (χ4n) is 1.49. The largest absolute Gasteiger partial charge is 0.411 e. The molecule has 0 saturated heterocycles. The summed E-state index contributed by atoms with van der Waals surface area (Å²) in [6.45, 7) is 6.01. The maximum absolute atomic E-state index is 8.30. The molecule has 0 saturated carbocycles. The van der Waals surface area contributed by atoms with Crippen LogP contribution >= 0.6 is 0 Å². The molecule has 0 fully saturated rings. The molecule has 0 spiro atoms. The van der Waals surface area contributed by atoms with Gasteiger partial charge in [-0.2, -0.15) is 0 Å². The third-order valence-corrected chi connectivity index (χ3v) is 2.37. The molecule has 0 aromatic rings. The molecule has 12 heavy (non-hydrogen) atoms. The van der Waals surface area contributed by atoms with Crippen molar-refractivity contribution in [3.8, 4) is 0 Å². The van der Waals surface area contributed by atoms with Gasteiger partial charge in [0.1, 0.15) is 0 Å². The Morgan fingerprint density at radius 2 is 2.58 bits per heavy atom. The molecule has 2 heteroatoms. The van der Waals surface area contributed by atoms with Gasteiger partial charge in [0.15, 0.2) is 0 Å². The van der Waals surface area contributed by atoms with Crippen molar-refractivity contribution >= 4 is 6.21 Å². The van der Waals surface area contributed by atoms with Gasteiger partial charge in [-0.15, -0.1) is 0 Å². The van der Waals surface area contributed by atoms with Crippen molar-refractivity contribution in [2.24, 2.45) is 11.1 Å². The molecule has 0 aromatic carbocycles. The second-order valence-electron chi connectivity index (χ2n) is 3.34. The van der Waals surface area contributed by atoms with Gasteiger partial charge in [-0.25, -0.2) is 0 Å². The molecule has 1 rings (SSSR count). The molecule has 66 valence electrons. The lowest BCUT2D eigenvalue weighted by molar-refractivity contribution is 0.321. The Balaban J connectivity index is 2.53. The zero-order valence-corrected chi connectivity index (χ0v) is 7.45. The molecule has 1 aliphatic carbocycles. The lowest BCUT2D eigenvalue weighted by Crippen LogP contribution is -2.06. The third-order valence-electron chi connectivity index (χ3n) is 2.37. The number of nitrogens with zero attached hydrogens (tertiary/aromatic N) is 1. The monoisotopic (exact) mass is 165 g/mol. The SMILES string of the molecule is C=C(C)[C@@H]1CC=C(C=NO)CC1. The summed E-state index contributed by atoms with van der Waals surface area (Å²) in [5.74, 6) is 0.626. The second kappa shape index (κ2) is 4.10. The zero-order valence-electron chi connectivity index (χ0n) is 7.45. The van der Waals surface area contributed by atoms with Crippen LogP contribution in [0.3, 0.4) is 0 Å². The lowest BCUT2D eigenvalue weighted by Gasteiger charge is -2.19. The van der Waals surface area contributed by atoms with Crippen LogP contribution in [-0.4, -0.2) is 11.4 Å². The predicted octanol–water partition coefficient (Wildman–Crippen LogP) is 2.75. The normalized spacial score (nSPS) is 24.1. The molecule has 0 bridgehead atoms. The summed E-state index contributed by atoms with van der Waals surface area (Å²) in [4.78, 5) is 0. The Morgan fingerprint density at radius 3 is 3.00 bits per heavy atom. The first-order chi connectivity index (χ1) is 5.74. The maximum Gasteiger partial charge on any atom is 0.0690 e. The van der Waals surface area contributed by atoms with Gasteiger partial charge in [-0.05, 0) is 37.7 Å². The minimum atomic E-state index is 0.626. The van der Waals surface area contributed by atoms with Crippen molar-refractivity contribution in [2.45, 2.75) is 26.2 Å². The van der Waals surface area contributed by atoms with Crippen LogP contribution < -0.4 is 0 Å². The van der Waals surface area contributed by atoms with E-state index in [1.54, 1.807) is 0 Å². The molecule has 0 heterocycles. The predicted molar refractivity (Wildman–Crippen MR) is 50.5 cm³/mol. The molecule has 0 aromatic heterocycles. The van der Waals surface area contributed by atoms with E-state index in [1.807, 2.05) is 0 Å². The van der Waals surface area contributed by atoms with Crippen molar-refractivity contribution in [1.29, 1.82) is 0 Å². The summed E-state index contributed by atoms with van der Waals surface area (Å²) in [7, 11) is 0. The standard InChI is InChI=1S/C10H15NO/c1-8(2)10-5-3-9(4-6-10)7-11-12/h3,7,10,12H,1,4-6H2,2H3/t10-/m1/s1. The van der Waals surface area contributed by atoms with Gasteiger partial charge >= 0.3 is 0 Å². The molecule has 1 atom stereocenters. The van der Waals surface area contributed by atoms with Gasteiger partial charge in [0, 0.05) is 0 Å². The van der Waals surface area contributed by atoms with Gasteiger partial charge in [0.25, 0.3) is 0 Å². The molecule has 1 aliphatic rings. The van der Waals surface area contributed by atoms with Crippen LogP contribution in [0.4, 0.5) is 0 Å². The van der Waals surface area contributed by atoms with Crippen molar-refractivity contribution < 1.29 is 5.21 Å². The molecule has 0 radical (unpaired) electrons. The number of hydrogen-bond donors (Lipinski definition) is 1. The average Bonchev–Trinajstić information content (AvgIpc) is 2.06. The van der Waals surface area contributed by atoms with Crippen molar-refractivity contribution in [3.63, 3.8) is 0 Å². The summed E-state index contributed by atoms with van der Waals surface area (Å²) < 4.78 is 0. The van der Waals surface area contributed by atoms with Gasteiger partial charge in [-0.1, -0.05) is 23.4 Å². The third kappa shape index (κ3) is 2.22. The van der Waals surface area contributed by atoms with Gasteiger partial charge in [0.05, 0.1) is 6.21 Å². The van der Waals surface area contributed by atoms with E-state index in [9.17, 15) is 0 Å². The minimum Gasteiger partial charge on any atom is -0.411 e. The molecule has 0 aliphatic heterocycles. The van der Waals surface area contributed by atoms with Crippen molar-refractivity contribution in [1.82, 2.24) is 0 Å². The Morgan fingerprint density at radius 1 is 1.83 bits per heavy atom. The number of oxime groups is 1. The van der Waals surface area contributed by atoms with Gasteiger partial charge in [0.2, 0.25) is 0 Å². The highest BCUT2D eigenvalue weighted by atomic mass is 16.4. The van der Waals surface area contributed by atoms with E-state index in [4.69, 9.17) is 5.21 Å². The lowest BCUT2D eigenvalue weighted by atomic mass is 9.86. The Hall–Kier alpha value is -1.05. The minimum absolute atomic E-state index is 0.626. The van der Waals surface area contributed by atoms with Crippen LogP contribution in [0.25, 0.3) is 0 Å². The number of rotatable bonds is 2. The Kier molecular flexibility index (Phi) is 3.09. The van der Waals surface area contributed by atoms with Crippen LogP contribution in [0.1, 0.15) is 26.2 Å². The first-order valence-electron chi connectivity index (χ1n) is 4.26. The maximum atomic E-state index is 8.30. The average molecular weight is 165 g/mol. The quantitative estimate of drug-likeness (QED) is 0.290. The topological polar surface area (TPSA) is 32.6 Å². The molecular formula is C10H15NO. The molecule has 0 unspecified atom stereocenters. The first-order valence-corrected chi connectivity index (χ1v) is 4.26. The highest BCUT2D eigenvalue weighted by molar-refractivity contribution is 5.78. The van der Waals surface area contributed by atoms with Crippen LogP contribution in [0.5, 0.6) is 0 Å². The fraction of sp³-hybridized carbons (Fsp3) is 0.500. The number of allylic oxidation sites excluding steroid dienone is 3. The van der Waals surface area contributed by atoms with Crippen LogP contribution in [0, 0.1) is 5.92 Å². The fourth-order valence-corrected chi connectivity index (χ4v) is 1.49. The highest BCUT2D eigenvalue weighted by Crippen LogP contribution is 2.27. The van der Waals surface area contributed by atoms with E-state index in [2.05, 4.69) is 24.7 Å². The Labute approximate surface area is 73.3 Å². The van der Waals surface area contributed by atoms with Crippen LogP contribution in [0.15, 0.2) is 29.0 Å².